The third-order valence-electron chi connectivity index (χ3n) is 5.11. The smallest absolute Gasteiger partial charge is 0.212 e. The second-order valence-electron chi connectivity index (χ2n) is 6.76. The number of fused-ring (bicyclic) bond motifs is 3. The average Bonchev–Trinajstić information content (AvgIpc) is 3.04. The Hall–Kier alpha value is -2.79. The number of nitrogens with zero attached hydrogens (tertiary/aromatic N) is 3. The molecule has 0 amide bonds. The van der Waals surface area contributed by atoms with Gasteiger partial charge in [-0.25, -0.2) is 9.67 Å². The van der Waals surface area contributed by atoms with Crippen LogP contribution in [-0.4, -0.2) is 20.5 Å². The zero-order valence-corrected chi connectivity index (χ0v) is 16.1. The fourth-order valence-electron chi connectivity index (χ4n) is 3.73. The van der Waals surface area contributed by atoms with E-state index in [4.69, 9.17) is 4.98 Å². The van der Waals surface area contributed by atoms with Crippen LogP contribution < -0.4 is 0 Å². The van der Waals surface area contributed by atoms with E-state index in [2.05, 4.69) is 33.2 Å². The number of benzene rings is 2. The van der Waals surface area contributed by atoms with Crippen LogP contribution in [0, 0.1) is 0 Å². The van der Waals surface area contributed by atoms with Gasteiger partial charge in [-0.15, -0.1) is 0 Å². The molecular weight excluding hydrogens is 402 g/mol. The van der Waals surface area contributed by atoms with Crippen molar-refractivity contribution in [2.75, 3.05) is 0 Å². The van der Waals surface area contributed by atoms with Gasteiger partial charge in [0, 0.05) is 10.0 Å². The van der Waals surface area contributed by atoms with Gasteiger partial charge in [-0.3, -0.25) is 4.79 Å². The number of rotatable bonds is 2. The van der Waals surface area contributed by atoms with Crippen LogP contribution in [-0.2, 0) is 19.4 Å². The molecule has 0 radical (unpaired) electrons. The van der Waals surface area contributed by atoms with Crippen molar-refractivity contribution in [3.63, 3.8) is 0 Å². The van der Waals surface area contributed by atoms with E-state index in [1.165, 1.54) is 0 Å². The first-order valence-electron chi connectivity index (χ1n) is 8.93. The Morgan fingerprint density at radius 1 is 1.00 bits per heavy atom. The number of aromatic nitrogens is 3. The molecule has 0 bridgehead atoms. The first kappa shape index (κ1) is 16.4. The molecule has 0 fully saturated rings. The van der Waals surface area contributed by atoms with Crippen molar-refractivity contribution in [3.05, 3.63) is 93.2 Å². The second kappa shape index (κ2) is 6.43. The summed E-state index contributed by atoms with van der Waals surface area (Å²) in [5.41, 5.74) is 5.23. The van der Waals surface area contributed by atoms with Gasteiger partial charge in [0.05, 0.1) is 18.1 Å². The number of carbonyl (C=O) groups excluding carboxylic acids is 1. The van der Waals surface area contributed by atoms with Crippen LogP contribution in [0.15, 0.2) is 65.3 Å². The SMILES string of the molecule is O=C1c2ccccc2CCc2c1nc1c(cnn1Cc1ccccc1)c2Br. The highest BCUT2D eigenvalue weighted by atomic mass is 79.9. The Bertz CT molecular complexity index is 1180. The Morgan fingerprint density at radius 3 is 2.63 bits per heavy atom. The molecule has 0 atom stereocenters. The summed E-state index contributed by atoms with van der Waals surface area (Å²) in [7, 11) is 0. The van der Waals surface area contributed by atoms with Crippen LogP contribution in [0.5, 0.6) is 0 Å². The summed E-state index contributed by atoms with van der Waals surface area (Å²) >= 11 is 3.73. The maximum absolute atomic E-state index is 13.2. The van der Waals surface area contributed by atoms with Gasteiger partial charge in [-0.2, -0.15) is 5.10 Å². The van der Waals surface area contributed by atoms with Crippen molar-refractivity contribution in [1.82, 2.24) is 14.8 Å². The minimum absolute atomic E-state index is 0.00633. The van der Waals surface area contributed by atoms with Gasteiger partial charge in [0.15, 0.2) is 5.65 Å². The van der Waals surface area contributed by atoms with Gasteiger partial charge in [0.1, 0.15) is 5.69 Å². The molecule has 0 aliphatic heterocycles. The van der Waals surface area contributed by atoms with Gasteiger partial charge in [0.25, 0.3) is 0 Å². The average molecular weight is 418 g/mol. The standard InChI is InChI=1S/C22H16BrN3O/c23-19-17-11-10-15-8-4-5-9-16(15)21(27)20(17)25-22-18(19)12-24-26(22)13-14-6-2-1-3-7-14/h1-9,12H,10-11,13H2. The Balaban J connectivity index is 1.68. The van der Waals surface area contributed by atoms with E-state index in [0.29, 0.717) is 12.2 Å². The highest BCUT2D eigenvalue weighted by molar-refractivity contribution is 9.10. The largest absolute Gasteiger partial charge is 0.287 e. The lowest BCUT2D eigenvalue weighted by Crippen LogP contribution is -2.10. The minimum Gasteiger partial charge on any atom is -0.287 e. The highest BCUT2D eigenvalue weighted by Crippen LogP contribution is 2.33. The van der Waals surface area contributed by atoms with Crippen LogP contribution >= 0.6 is 15.9 Å². The molecule has 2 aromatic carbocycles. The third-order valence-corrected chi connectivity index (χ3v) is 6.02. The fraction of sp³-hybridized carbons (Fsp3) is 0.136. The van der Waals surface area contributed by atoms with Crippen LogP contribution in [0.2, 0.25) is 0 Å². The number of halogens is 1. The highest BCUT2D eigenvalue weighted by Gasteiger charge is 2.26. The predicted octanol–water partition coefficient (Wildman–Crippen LogP) is 4.57. The molecule has 4 aromatic rings. The number of carbonyl (C=O) groups is 1. The topological polar surface area (TPSA) is 47.8 Å². The monoisotopic (exact) mass is 417 g/mol. The summed E-state index contributed by atoms with van der Waals surface area (Å²) in [5.74, 6) is -0.00633. The molecule has 0 N–H and O–H groups in total. The maximum Gasteiger partial charge on any atom is 0.212 e. The molecule has 2 heterocycles. The lowest BCUT2D eigenvalue weighted by molar-refractivity contribution is 0.103. The summed E-state index contributed by atoms with van der Waals surface area (Å²) in [6.07, 6.45) is 3.45. The number of pyridine rings is 1. The van der Waals surface area contributed by atoms with Gasteiger partial charge in [-0.05, 0) is 45.5 Å². The zero-order valence-electron chi connectivity index (χ0n) is 14.5. The van der Waals surface area contributed by atoms with Crippen LogP contribution in [0.3, 0.4) is 0 Å². The number of ketones is 1. The van der Waals surface area contributed by atoms with Crippen molar-refractivity contribution in [1.29, 1.82) is 0 Å². The molecule has 4 nitrogen and oxygen atoms in total. The molecule has 0 saturated heterocycles. The molecule has 132 valence electrons. The predicted molar refractivity (Wildman–Crippen MR) is 108 cm³/mol. The van der Waals surface area contributed by atoms with E-state index in [9.17, 15) is 4.79 Å². The molecular formula is C22H16BrN3O. The number of hydrogen-bond acceptors (Lipinski definition) is 3. The van der Waals surface area contributed by atoms with E-state index in [1.54, 1.807) is 0 Å². The van der Waals surface area contributed by atoms with Crippen LogP contribution in [0.25, 0.3) is 11.0 Å². The Kier molecular flexibility index (Phi) is 3.90. The summed E-state index contributed by atoms with van der Waals surface area (Å²) in [6.45, 7) is 0.618. The van der Waals surface area contributed by atoms with Crippen LogP contribution in [0.1, 0.15) is 32.7 Å². The quantitative estimate of drug-likeness (QED) is 0.479. The molecule has 1 aliphatic rings. The van der Waals surface area contributed by atoms with Crippen molar-refractivity contribution in [2.45, 2.75) is 19.4 Å². The summed E-state index contributed by atoms with van der Waals surface area (Å²) in [5, 5.41) is 5.48. The molecule has 5 rings (SSSR count). The maximum atomic E-state index is 13.2. The molecule has 1 aliphatic carbocycles. The third kappa shape index (κ3) is 2.70. The molecule has 0 spiro atoms. The lowest BCUT2D eigenvalue weighted by atomic mass is 10.0. The van der Waals surface area contributed by atoms with Gasteiger partial charge in [0.2, 0.25) is 5.78 Å². The Labute approximate surface area is 165 Å². The molecule has 0 unspecified atom stereocenters. The van der Waals surface area contributed by atoms with Crippen molar-refractivity contribution in [2.24, 2.45) is 0 Å². The summed E-state index contributed by atoms with van der Waals surface area (Å²) < 4.78 is 2.79. The Morgan fingerprint density at radius 2 is 1.78 bits per heavy atom. The minimum atomic E-state index is -0.00633. The summed E-state index contributed by atoms with van der Waals surface area (Å²) in [4.78, 5) is 18.0. The lowest BCUT2D eigenvalue weighted by Gasteiger charge is -2.09. The van der Waals surface area contributed by atoms with Gasteiger partial charge >= 0.3 is 0 Å². The zero-order chi connectivity index (χ0) is 18.4. The van der Waals surface area contributed by atoms with Crippen molar-refractivity contribution >= 4 is 32.7 Å². The van der Waals surface area contributed by atoms with E-state index in [0.717, 1.165) is 50.6 Å². The number of aryl methyl sites for hydroxylation is 1. The van der Waals surface area contributed by atoms with Crippen molar-refractivity contribution < 1.29 is 4.79 Å². The first-order valence-corrected chi connectivity index (χ1v) is 9.72. The van der Waals surface area contributed by atoms with Gasteiger partial charge in [-0.1, -0.05) is 54.6 Å². The molecule has 0 saturated carbocycles. The van der Waals surface area contributed by atoms with Crippen molar-refractivity contribution in [3.8, 4) is 0 Å². The van der Waals surface area contributed by atoms with E-state index >= 15 is 0 Å². The van der Waals surface area contributed by atoms with E-state index in [1.807, 2.05) is 53.3 Å². The first-order chi connectivity index (χ1) is 13.2. The summed E-state index contributed by atoms with van der Waals surface area (Å²) in [6, 6.07) is 18.0. The second-order valence-corrected chi connectivity index (χ2v) is 7.56. The fourth-order valence-corrected chi connectivity index (χ4v) is 4.39. The van der Waals surface area contributed by atoms with E-state index < -0.39 is 0 Å². The molecule has 2 aromatic heterocycles. The van der Waals surface area contributed by atoms with E-state index in [-0.39, 0.29) is 5.78 Å². The van der Waals surface area contributed by atoms with Crippen LogP contribution in [0.4, 0.5) is 0 Å². The molecule has 27 heavy (non-hydrogen) atoms. The molecule has 5 heteroatoms. The van der Waals surface area contributed by atoms with Gasteiger partial charge < -0.3 is 0 Å². The normalized spacial score (nSPS) is 13.3. The number of hydrogen-bond donors (Lipinski definition) is 0.